The predicted octanol–water partition coefficient (Wildman–Crippen LogP) is 3.02. The fourth-order valence-electron chi connectivity index (χ4n) is 1.25. The molecule has 1 aromatic heterocycles. The molecule has 1 aromatic carbocycles. The Morgan fingerprint density at radius 3 is 2.78 bits per heavy atom. The Balaban J connectivity index is 2.29. The van der Waals surface area contributed by atoms with Crippen LogP contribution in [0, 0.1) is 11.6 Å². The zero-order valence-electron chi connectivity index (χ0n) is 8.71. The molecule has 0 unspecified atom stereocenters. The van der Waals surface area contributed by atoms with E-state index in [9.17, 15) is 13.6 Å². The average molecular weight is 334 g/mol. The lowest BCUT2D eigenvalue weighted by Gasteiger charge is -2.05. The maximum absolute atomic E-state index is 13.6. The Morgan fingerprint density at radius 2 is 2.17 bits per heavy atom. The number of thiazole rings is 1. The lowest BCUT2D eigenvalue weighted by atomic mass is 10.1. The van der Waals surface area contributed by atoms with Crippen LogP contribution >= 0.6 is 27.3 Å². The summed E-state index contributed by atoms with van der Waals surface area (Å²) < 4.78 is 27.3. The van der Waals surface area contributed by atoms with Crippen LogP contribution in [0.15, 0.2) is 22.1 Å². The van der Waals surface area contributed by atoms with Gasteiger partial charge in [-0.3, -0.25) is 10.1 Å². The first-order valence-corrected chi connectivity index (χ1v) is 6.25. The van der Waals surface area contributed by atoms with Gasteiger partial charge in [-0.15, -0.1) is 0 Å². The van der Waals surface area contributed by atoms with Crippen molar-refractivity contribution in [3.05, 3.63) is 39.3 Å². The second-order valence-electron chi connectivity index (χ2n) is 3.28. The Bertz CT molecular complexity index is 617. The highest BCUT2D eigenvalue weighted by Gasteiger charge is 2.17. The van der Waals surface area contributed by atoms with Gasteiger partial charge in [-0.25, -0.2) is 13.8 Å². The van der Waals surface area contributed by atoms with E-state index in [4.69, 9.17) is 5.73 Å². The van der Waals surface area contributed by atoms with Crippen LogP contribution in [0.2, 0.25) is 0 Å². The molecular weight excluding hydrogens is 328 g/mol. The fourth-order valence-corrected chi connectivity index (χ4v) is 2.35. The van der Waals surface area contributed by atoms with E-state index in [0.29, 0.717) is 3.79 Å². The van der Waals surface area contributed by atoms with Crippen LogP contribution in [0.25, 0.3) is 0 Å². The minimum atomic E-state index is -0.954. The Kier molecular flexibility index (Phi) is 3.58. The molecular formula is C10H6BrF2N3OS. The average Bonchev–Trinajstić information content (AvgIpc) is 2.69. The number of carbonyl (C=O) groups excluding carboxylic acids is 1. The van der Waals surface area contributed by atoms with Crippen molar-refractivity contribution < 1.29 is 13.6 Å². The van der Waals surface area contributed by atoms with E-state index in [1.807, 2.05) is 0 Å². The van der Waals surface area contributed by atoms with E-state index in [0.717, 1.165) is 23.5 Å². The van der Waals surface area contributed by atoms with Crippen LogP contribution in [0.4, 0.5) is 19.6 Å². The highest BCUT2D eigenvalue weighted by Crippen LogP contribution is 2.24. The maximum atomic E-state index is 13.6. The van der Waals surface area contributed by atoms with Gasteiger partial charge >= 0.3 is 0 Å². The highest BCUT2D eigenvalue weighted by atomic mass is 79.9. The molecule has 0 aliphatic rings. The fraction of sp³-hybridized carbons (Fsp3) is 0. The second-order valence-corrected chi connectivity index (χ2v) is 5.69. The summed E-state index contributed by atoms with van der Waals surface area (Å²) in [6.45, 7) is 0. The number of hydrogen-bond acceptors (Lipinski definition) is 4. The molecule has 0 atom stereocenters. The van der Waals surface area contributed by atoms with Crippen LogP contribution in [0.3, 0.4) is 0 Å². The number of amides is 1. The number of nitrogen functional groups attached to an aromatic ring is 1. The molecule has 0 spiro atoms. The van der Waals surface area contributed by atoms with Gasteiger partial charge in [0, 0.05) is 0 Å². The second kappa shape index (κ2) is 4.99. The largest absolute Gasteiger partial charge is 0.396 e. The normalized spacial score (nSPS) is 10.4. The monoisotopic (exact) mass is 333 g/mol. The van der Waals surface area contributed by atoms with E-state index < -0.39 is 28.8 Å². The van der Waals surface area contributed by atoms with E-state index in [-0.39, 0.29) is 5.13 Å². The number of aromatic nitrogens is 1. The van der Waals surface area contributed by atoms with E-state index in [1.54, 1.807) is 0 Å². The molecule has 4 nitrogen and oxygen atoms in total. The molecule has 8 heteroatoms. The van der Waals surface area contributed by atoms with Crippen molar-refractivity contribution in [2.24, 2.45) is 0 Å². The summed E-state index contributed by atoms with van der Waals surface area (Å²) >= 11 is 4.32. The van der Waals surface area contributed by atoms with E-state index in [1.165, 1.54) is 6.20 Å². The Morgan fingerprint density at radius 1 is 1.44 bits per heavy atom. The first-order chi connectivity index (χ1) is 8.47. The summed E-state index contributed by atoms with van der Waals surface area (Å²) in [5, 5.41) is 2.62. The number of hydrogen-bond donors (Lipinski definition) is 2. The van der Waals surface area contributed by atoms with Crippen LogP contribution in [-0.2, 0) is 0 Å². The number of nitrogens with zero attached hydrogens (tertiary/aromatic N) is 1. The third kappa shape index (κ3) is 2.65. The lowest BCUT2D eigenvalue weighted by molar-refractivity contribution is 0.102. The van der Waals surface area contributed by atoms with Crippen LogP contribution in [-0.4, -0.2) is 10.9 Å². The van der Waals surface area contributed by atoms with Crippen molar-refractivity contribution in [2.45, 2.75) is 0 Å². The van der Waals surface area contributed by atoms with Gasteiger partial charge in [0.2, 0.25) is 0 Å². The zero-order valence-corrected chi connectivity index (χ0v) is 11.1. The molecule has 2 aromatic rings. The van der Waals surface area contributed by atoms with Crippen LogP contribution < -0.4 is 11.1 Å². The van der Waals surface area contributed by atoms with Crippen LogP contribution in [0.5, 0.6) is 0 Å². The van der Waals surface area contributed by atoms with Gasteiger partial charge < -0.3 is 5.73 Å². The number of carbonyl (C=O) groups is 1. The number of nitrogens with one attached hydrogen (secondary N) is 1. The smallest absolute Gasteiger partial charge is 0.260 e. The highest BCUT2D eigenvalue weighted by molar-refractivity contribution is 9.11. The van der Waals surface area contributed by atoms with Gasteiger partial charge in [-0.2, -0.15) is 0 Å². The van der Waals surface area contributed by atoms with Gasteiger partial charge in [0.05, 0.1) is 21.2 Å². The molecule has 2 rings (SSSR count). The molecule has 1 amide bonds. The molecule has 0 bridgehead atoms. The first-order valence-electron chi connectivity index (χ1n) is 4.64. The lowest BCUT2D eigenvalue weighted by Crippen LogP contribution is -2.15. The quantitative estimate of drug-likeness (QED) is 0.830. The number of benzene rings is 1. The van der Waals surface area contributed by atoms with Crippen molar-refractivity contribution in [1.82, 2.24) is 4.98 Å². The third-order valence-corrected chi connectivity index (χ3v) is 3.40. The van der Waals surface area contributed by atoms with Crippen molar-refractivity contribution in [1.29, 1.82) is 0 Å². The van der Waals surface area contributed by atoms with Gasteiger partial charge in [0.1, 0.15) is 5.82 Å². The van der Waals surface area contributed by atoms with Gasteiger partial charge in [-0.1, -0.05) is 11.3 Å². The minimum Gasteiger partial charge on any atom is -0.396 e. The number of anilines is 2. The maximum Gasteiger partial charge on any atom is 0.260 e. The summed E-state index contributed by atoms with van der Waals surface area (Å²) in [4.78, 5) is 15.6. The van der Waals surface area contributed by atoms with E-state index >= 15 is 0 Å². The summed E-state index contributed by atoms with van der Waals surface area (Å²) in [5.41, 5.74) is 4.37. The molecule has 0 aliphatic carbocycles. The number of halogens is 3. The Hall–Kier alpha value is -1.54. The van der Waals surface area contributed by atoms with Crippen molar-refractivity contribution in [3.8, 4) is 0 Å². The molecule has 94 valence electrons. The summed E-state index contributed by atoms with van der Waals surface area (Å²) in [7, 11) is 0. The minimum absolute atomic E-state index is 0.272. The molecule has 0 saturated heterocycles. The van der Waals surface area contributed by atoms with Crippen LogP contribution in [0.1, 0.15) is 10.4 Å². The molecule has 0 radical (unpaired) electrons. The molecule has 0 fully saturated rings. The van der Waals surface area contributed by atoms with Crippen molar-refractivity contribution >= 4 is 44.0 Å². The van der Waals surface area contributed by atoms with Gasteiger partial charge in [-0.05, 0) is 28.1 Å². The van der Waals surface area contributed by atoms with E-state index in [2.05, 4.69) is 26.2 Å². The molecule has 18 heavy (non-hydrogen) atoms. The Labute approximate surface area is 113 Å². The summed E-state index contributed by atoms with van der Waals surface area (Å²) in [5.74, 6) is -2.54. The zero-order chi connectivity index (χ0) is 13.3. The molecule has 3 N–H and O–H groups in total. The predicted molar refractivity (Wildman–Crippen MR) is 68.5 cm³/mol. The summed E-state index contributed by atoms with van der Waals surface area (Å²) in [6, 6.07) is 1.59. The molecule has 0 saturated carbocycles. The first kappa shape index (κ1) is 12.9. The van der Waals surface area contributed by atoms with Crippen molar-refractivity contribution in [3.63, 3.8) is 0 Å². The van der Waals surface area contributed by atoms with Gasteiger partial charge in [0.25, 0.3) is 5.91 Å². The number of nitrogens with two attached hydrogens (primary N) is 1. The SMILES string of the molecule is Nc1cc(F)cc(C(=O)Nc2ncc(Br)s2)c1F. The standard InChI is InChI=1S/C10H6BrF2N3OS/c11-7-3-15-10(18-7)16-9(17)5-1-4(12)2-6(14)8(5)13/h1-3H,14H2,(H,15,16,17). The topological polar surface area (TPSA) is 68.0 Å². The molecule has 0 aliphatic heterocycles. The van der Waals surface area contributed by atoms with Gasteiger partial charge in [0.15, 0.2) is 10.9 Å². The van der Waals surface area contributed by atoms with Crippen molar-refractivity contribution in [2.75, 3.05) is 11.1 Å². The number of rotatable bonds is 2. The summed E-state index contributed by atoms with van der Waals surface area (Å²) in [6.07, 6.45) is 1.48. The molecule has 1 heterocycles. The third-order valence-electron chi connectivity index (χ3n) is 2.01.